The summed E-state index contributed by atoms with van der Waals surface area (Å²) in [6.07, 6.45) is 1.89. The molecule has 0 unspecified atom stereocenters. The van der Waals surface area contributed by atoms with Gasteiger partial charge in [0.1, 0.15) is 5.82 Å². The minimum Gasteiger partial charge on any atom is -0.465 e. The highest BCUT2D eigenvalue weighted by Crippen LogP contribution is 2.28. The number of H-pyrrole nitrogens is 1. The number of amides is 1. The Morgan fingerprint density at radius 1 is 1.12 bits per heavy atom. The van der Waals surface area contributed by atoms with Crippen molar-refractivity contribution in [3.05, 3.63) is 76.7 Å². The van der Waals surface area contributed by atoms with E-state index in [1.165, 1.54) is 24.0 Å². The summed E-state index contributed by atoms with van der Waals surface area (Å²) in [5.74, 6) is 0.246. The lowest BCUT2D eigenvalue weighted by Crippen LogP contribution is -2.44. The fourth-order valence-electron chi connectivity index (χ4n) is 4.29. The van der Waals surface area contributed by atoms with Crippen LogP contribution in [-0.2, 0) is 11.3 Å². The van der Waals surface area contributed by atoms with Crippen molar-refractivity contribution in [2.45, 2.75) is 25.4 Å². The Balaban J connectivity index is 1.19. The minimum absolute atomic E-state index is 0.0400. The fourth-order valence-corrected chi connectivity index (χ4v) is 5.15. The molecule has 0 saturated carbocycles. The molecule has 0 bridgehead atoms. The Morgan fingerprint density at radius 2 is 1.91 bits per heavy atom. The lowest BCUT2D eigenvalue weighted by molar-refractivity contribution is 0.0600. The van der Waals surface area contributed by atoms with Crippen molar-refractivity contribution < 1.29 is 14.3 Å². The zero-order valence-electron chi connectivity index (χ0n) is 18.9. The number of carbonyl (C=O) groups excluding carboxylic acids is 2. The Hall–Kier alpha value is -3.49. The van der Waals surface area contributed by atoms with Gasteiger partial charge in [-0.05, 0) is 48.7 Å². The summed E-state index contributed by atoms with van der Waals surface area (Å²) in [6.45, 7) is 2.90. The number of likely N-dealkylation sites (tertiary alicyclic amines) is 1. The number of esters is 1. The van der Waals surface area contributed by atoms with Gasteiger partial charge in [0.15, 0.2) is 0 Å². The van der Waals surface area contributed by atoms with Crippen molar-refractivity contribution in [2.75, 3.05) is 20.2 Å². The maximum absolute atomic E-state index is 12.9. The smallest absolute Gasteiger partial charge is 0.337 e. The lowest BCUT2D eigenvalue weighted by atomic mass is 10.0. The molecule has 1 fully saturated rings. The standard InChI is InChI=1S/C26H26N4O3S/c1-33-26(32)18-7-8-20-21(15-18)29-24(28-20)22-9-10-23(34-22)25(31)27-19-11-13-30(14-12-19)16-17-5-3-2-4-6-17/h2-10,15,19H,11-14,16H2,1H3,(H,27,31)(H,28,29). The van der Waals surface area contributed by atoms with E-state index in [0.717, 1.165) is 48.4 Å². The molecule has 2 N–H and O–H groups in total. The van der Waals surface area contributed by atoms with E-state index in [2.05, 4.69) is 44.5 Å². The van der Waals surface area contributed by atoms with Crippen molar-refractivity contribution in [1.29, 1.82) is 0 Å². The molecule has 0 atom stereocenters. The number of piperidine rings is 1. The molecule has 8 heteroatoms. The topological polar surface area (TPSA) is 87.3 Å². The van der Waals surface area contributed by atoms with E-state index in [4.69, 9.17) is 4.74 Å². The van der Waals surface area contributed by atoms with Crippen molar-refractivity contribution in [3.63, 3.8) is 0 Å². The van der Waals surface area contributed by atoms with Gasteiger partial charge in [-0.2, -0.15) is 0 Å². The highest BCUT2D eigenvalue weighted by molar-refractivity contribution is 7.17. The van der Waals surface area contributed by atoms with E-state index in [0.29, 0.717) is 16.3 Å². The largest absolute Gasteiger partial charge is 0.465 e. The van der Waals surface area contributed by atoms with E-state index in [-0.39, 0.29) is 17.9 Å². The quantitative estimate of drug-likeness (QED) is 0.403. The van der Waals surface area contributed by atoms with Crippen LogP contribution in [0.5, 0.6) is 0 Å². The molecule has 1 aliphatic rings. The first kappa shape index (κ1) is 22.3. The number of hydrogen-bond acceptors (Lipinski definition) is 6. The third-order valence-electron chi connectivity index (χ3n) is 6.14. The molecule has 1 saturated heterocycles. The average molecular weight is 475 g/mol. The second-order valence-electron chi connectivity index (χ2n) is 8.48. The minimum atomic E-state index is -0.390. The van der Waals surface area contributed by atoms with Gasteiger partial charge in [-0.3, -0.25) is 9.69 Å². The van der Waals surface area contributed by atoms with Crippen molar-refractivity contribution in [2.24, 2.45) is 0 Å². The Labute approximate surface area is 201 Å². The Kier molecular flexibility index (Phi) is 6.42. The zero-order valence-corrected chi connectivity index (χ0v) is 19.7. The van der Waals surface area contributed by atoms with Crippen LogP contribution in [0.15, 0.2) is 60.7 Å². The van der Waals surface area contributed by atoms with Gasteiger partial charge in [-0.25, -0.2) is 9.78 Å². The van der Waals surface area contributed by atoms with Crippen LogP contribution in [-0.4, -0.2) is 53.0 Å². The molecule has 5 rings (SSSR count). The summed E-state index contributed by atoms with van der Waals surface area (Å²) in [5.41, 5.74) is 3.29. The van der Waals surface area contributed by atoms with Crippen LogP contribution in [0.3, 0.4) is 0 Å². The number of ether oxygens (including phenoxy) is 1. The van der Waals surface area contributed by atoms with Gasteiger partial charge >= 0.3 is 5.97 Å². The highest BCUT2D eigenvalue weighted by atomic mass is 32.1. The summed E-state index contributed by atoms with van der Waals surface area (Å²) in [6, 6.07) is 19.6. The number of methoxy groups -OCH3 is 1. The number of nitrogens with zero attached hydrogens (tertiary/aromatic N) is 2. The second kappa shape index (κ2) is 9.79. The van der Waals surface area contributed by atoms with Gasteiger partial charge in [-0.1, -0.05) is 30.3 Å². The molecule has 4 aromatic rings. The zero-order chi connectivity index (χ0) is 23.5. The van der Waals surface area contributed by atoms with Gasteiger partial charge in [0.25, 0.3) is 5.91 Å². The van der Waals surface area contributed by atoms with Crippen LogP contribution in [0.25, 0.3) is 21.7 Å². The summed E-state index contributed by atoms with van der Waals surface area (Å²) in [7, 11) is 1.36. The number of aromatic amines is 1. The summed E-state index contributed by atoms with van der Waals surface area (Å²) >= 11 is 1.41. The molecule has 2 aromatic heterocycles. The number of rotatable bonds is 6. The van der Waals surface area contributed by atoms with Crippen molar-refractivity contribution in [3.8, 4) is 10.7 Å². The molecule has 2 aromatic carbocycles. The molecule has 3 heterocycles. The van der Waals surface area contributed by atoms with Crippen LogP contribution >= 0.6 is 11.3 Å². The summed E-state index contributed by atoms with van der Waals surface area (Å²) < 4.78 is 4.78. The van der Waals surface area contributed by atoms with Gasteiger partial charge in [0.2, 0.25) is 0 Å². The Bertz CT molecular complexity index is 1310. The SMILES string of the molecule is COC(=O)c1ccc2nc(-c3ccc(C(=O)NC4CCN(Cc5ccccc5)CC4)s3)[nH]c2c1. The third-order valence-corrected chi connectivity index (χ3v) is 7.23. The molecule has 7 nitrogen and oxygen atoms in total. The molecule has 1 amide bonds. The fraction of sp³-hybridized carbons (Fsp3) is 0.269. The number of hydrogen-bond donors (Lipinski definition) is 2. The number of benzene rings is 2. The first-order chi connectivity index (χ1) is 16.6. The first-order valence-electron chi connectivity index (χ1n) is 11.3. The second-order valence-corrected chi connectivity index (χ2v) is 9.57. The highest BCUT2D eigenvalue weighted by Gasteiger charge is 2.22. The monoisotopic (exact) mass is 474 g/mol. The van der Waals surface area contributed by atoms with Gasteiger partial charge in [0.05, 0.1) is 33.5 Å². The van der Waals surface area contributed by atoms with E-state index >= 15 is 0 Å². The predicted octanol–water partition coefficient (Wildman–Crippen LogP) is 4.47. The molecular weight excluding hydrogens is 448 g/mol. The maximum atomic E-state index is 12.9. The van der Waals surface area contributed by atoms with Crippen molar-refractivity contribution in [1.82, 2.24) is 20.2 Å². The normalized spacial score (nSPS) is 14.9. The van der Waals surface area contributed by atoms with Gasteiger partial charge in [0, 0.05) is 25.7 Å². The molecule has 1 aliphatic heterocycles. The van der Waals surface area contributed by atoms with Crippen LogP contribution in [0.1, 0.15) is 38.4 Å². The molecule has 174 valence electrons. The number of carbonyl (C=O) groups is 2. The van der Waals surface area contributed by atoms with Crippen LogP contribution in [0.4, 0.5) is 0 Å². The van der Waals surface area contributed by atoms with E-state index in [9.17, 15) is 9.59 Å². The molecule has 0 radical (unpaired) electrons. The Morgan fingerprint density at radius 3 is 2.68 bits per heavy atom. The van der Waals surface area contributed by atoms with Gasteiger partial charge in [-0.15, -0.1) is 11.3 Å². The van der Waals surface area contributed by atoms with Crippen LogP contribution in [0, 0.1) is 0 Å². The molecule has 34 heavy (non-hydrogen) atoms. The number of aromatic nitrogens is 2. The third kappa shape index (κ3) is 4.88. The number of imidazole rings is 1. The average Bonchev–Trinajstić information content (AvgIpc) is 3.52. The van der Waals surface area contributed by atoms with E-state index in [1.54, 1.807) is 18.2 Å². The number of fused-ring (bicyclic) bond motifs is 1. The van der Waals surface area contributed by atoms with E-state index < -0.39 is 0 Å². The van der Waals surface area contributed by atoms with Crippen LogP contribution < -0.4 is 5.32 Å². The summed E-state index contributed by atoms with van der Waals surface area (Å²) in [5, 5.41) is 3.20. The van der Waals surface area contributed by atoms with Crippen LogP contribution in [0.2, 0.25) is 0 Å². The lowest BCUT2D eigenvalue weighted by Gasteiger charge is -2.32. The molecule has 0 aliphatic carbocycles. The van der Waals surface area contributed by atoms with E-state index in [1.807, 2.05) is 18.2 Å². The molecular formula is C26H26N4O3S. The summed E-state index contributed by atoms with van der Waals surface area (Å²) in [4.78, 5) is 36.5. The first-order valence-corrected chi connectivity index (χ1v) is 12.2. The number of thiophene rings is 1. The predicted molar refractivity (Wildman–Crippen MR) is 133 cm³/mol. The molecule has 0 spiro atoms. The number of nitrogens with one attached hydrogen (secondary N) is 2. The van der Waals surface area contributed by atoms with Crippen molar-refractivity contribution >= 4 is 34.2 Å². The maximum Gasteiger partial charge on any atom is 0.337 e. The van der Waals surface area contributed by atoms with Gasteiger partial charge < -0.3 is 15.0 Å².